The van der Waals surface area contributed by atoms with Gasteiger partial charge in [0, 0.05) is 6.04 Å². The summed E-state index contributed by atoms with van der Waals surface area (Å²) in [6, 6.07) is 4.52. The molecule has 2 nitrogen and oxygen atoms in total. The van der Waals surface area contributed by atoms with Gasteiger partial charge < -0.3 is 5.32 Å². The highest BCUT2D eigenvalue weighted by molar-refractivity contribution is 6.29. The lowest BCUT2D eigenvalue weighted by atomic mass is 10.2. The third kappa shape index (κ3) is 2.38. The number of aryl methyl sites for hydroxylation is 1. The average Bonchev–Trinajstić information content (AvgIpc) is 2.54. The number of pyridine rings is 1. The molecule has 0 aliphatic heterocycles. The number of nitrogens with one attached hydrogen (secondary N) is 1. The van der Waals surface area contributed by atoms with E-state index in [1.807, 2.05) is 19.1 Å². The second kappa shape index (κ2) is 4.18. The Morgan fingerprint density at radius 2 is 2.07 bits per heavy atom. The fourth-order valence-corrected chi connectivity index (χ4v) is 2.24. The molecule has 0 radical (unpaired) electrons. The molecule has 1 N–H and O–H groups in total. The first-order valence-corrected chi connectivity index (χ1v) is 5.52. The van der Waals surface area contributed by atoms with Crippen LogP contribution in [0, 0.1) is 6.92 Å². The summed E-state index contributed by atoms with van der Waals surface area (Å²) < 4.78 is 0. The lowest BCUT2D eigenvalue weighted by Crippen LogP contribution is -2.15. The monoisotopic (exact) mass is 210 g/mol. The summed E-state index contributed by atoms with van der Waals surface area (Å²) in [5.74, 6) is 0.918. The van der Waals surface area contributed by atoms with Crippen LogP contribution in [0.1, 0.15) is 31.2 Å². The van der Waals surface area contributed by atoms with Crippen LogP contribution in [0.2, 0.25) is 5.15 Å². The molecule has 1 aromatic rings. The molecule has 0 amide bonds. The van der Waals surface area contributed by atoms with Gasteiger partial charge in [0.25, 0.3) is 0 Å². The summed E-state index contributed by atoms with van der Waals surface area (Å²) in [6.45, 7) is 2.04. The van der Waals surface area contributed by atoms with Crippen LogP contribution in [-0.4, -0.2) is 11.0 Å². The summed E-state index contributed by atoms with van der Waals surface area (Å²) in [5.41, 5.74) is 1.16. The minimum Gasteiger partial charge on any atom is -0.367 e. The largest absolute Gasteiger partial charge is 0.367 e. The molecule has 0 aromatic carbocycles. The van der Waals surface area contributed by atoms with Crippen LogP contribution in [0.3, 0.4) is 0 Å². The Labute approximate surface area is 89.7 Å². The maximum atomic E-state index is 5.88. The zero-order valence-electron chi connectivity index (χ0n) is 8.39. The van der Waals surface area contributed by atoms with E-state index in [9.17, 15) is 0 Å². The Morgan fingerprint density at radius 1 is 1.36 bits per heavy atom. The van der Waals surface area contributed by atoms with E-state index in [4.69, 9.17) is 11.6 Å². The minimum absolute atomic E-state index is 0.575. The van der Waals surface area contributed by atoms with Gasteiger partial charge in [-0.1, -0.05) is 24.4 Å². The highest BCUT2D eigenvalue weighted by atomic mass is 35.5. The van der Waals surface area contributed by atoms with Crippen molar-refractivity contribution in [2.75, 3.05) is 5.32 Å². The zero-order chi connectivity index (χ0) is 9.97. The molecule has 1 fully saturated rings. The van der Waals surface area contributed by atoms with Crippen molar-refractivity contribution in [2.45, 2.75) is 38.6 Å². The highest BCUT2D eigenvalue weighted by Crippen LogP contribution is 2.22. The molecule has 1 heterocycles. The van der Waals surface area contributed by atoms with Crippen LogP contribution in [0.5, 0.6) is 0 Å². The maximum absolute atomic E-state index is 5.88. The van der Waals surface area contributed by atoms with Crippen molar-refractivity contribution in [1.29, 1.82) is 0 Å². The molecular formula is C11H15ClN2. The number of halogens is 1. The van der Waals surface area contributed by atoms with Crippen molar-refractivity contribution in [1.82, 2.24) is 4.98 Å². The zero-order valence-corrected chi connectivity index (χ0v) is 9.14. The van der Waals surface area contributed by atoms with Gasteiger partial charge in [-0.2, -0.15) is 0 Å². The van der Waals surface area contributed by atoms with Crippen molar-refractivity contribution < 1.29 is 0 Å². The standard InChI is InChI=1S/C11H15ClN2/c1-8-6-10(12)14-11(7-8)13-9-4-2-3-5-9/h6-7,9H,2-5H2,1H3,(H,13,14). The van der Waals surface area contributed by atoms with Crippen molar-refractivity contribution >= 4 is 17.4 Å². The van der Waals surface area contributed by atoms with Crippen LogP contribution in [0.4, 0.5) is 5.82 Å². The summed E-state index contributed by atoms with van der Waals surface area (Å²) >= 11 is 5.88. The molecule has 2 rings (SSSR count). The Morgan fingerprint density at radius 3 is 2.71 bits per heavy atom. The first-order valence-electron chi connectivity index (χ1n) is 5.15. The fourth-order valence-electron chi connectivity index (χ4n) is 1.98. The van der Waals surface area contributed by atoms with E-state index < -0.39 is 0 Å². The predicted octanol–water partition coefficient (Wildman–Crippen LogP) is 3.40. The summed E-state index contributed by atoms with van der Waals surface area (Å²) in [7, 11) is 0. The number of aromatic nitrogens is 1. The summed E-state index contributed by atoms with van der Waals surface area (Å²) in [4.78, 5) is 4.25. The van der Waals surface area contributed by atoms with Crippen LogP contribution < -0.4 is 5.32 Å². The Kier molecular flexibility index (Phi) is 2.92. The SMILES string of the molecule is Cc1cc(Cl)nc(NC2CCCC2)c1. The van der Waals surface area contributed by atoms with E-state index in [1.54, 1.807) is 0 Å². The van der Waals surface area contributed by atoms with Gasteiger partial charge in [0.05, 0.1) is 0 Å². The van der Waals surface area contributed by atoms with Gasteiger partial charge in [-0.05, 0) is 37.5 Å². The molecule has 1 aromatic heterocycles. The number of hydrogen-bond acceptors (Lipinski definition) is 2. The van der Waals surface area contributed by atoms with E-state index in [-0.39, 0.29) is 0 Å². The van der Waals surface area contributed by atoms with Gasteiger partial charge in [0.1, 0.15) is 11.0 Å². The second-order valence-corrected chi connectivity index (χ2v) is 4.37. The Balaban J connectivity index is 2.07. The van der Waals surface area contributed by atoms with E-state index in [2.05, 4.69) is 10.3 Å². The molecule has 0 atom stereocenters. The summed E-state index contributed by atoms with van der Waals surface area (Å²) in [5, 5.41) is 4.00. The number of hydrogen-bond donors (Lipinski definition) is 1. The fraction of sp³-hybridized carbons (Fsp3) is 0.545. The van der Waals surface area contributed by atoms with Crippen LogP contribution in [0.25, 0.3) is 0 Å². The maximum Gasteiger partial charge on any atom is 0.131 e. The molecule has 14 heavy (non-hydrogen) atoms. The molecule has 1 aliphatic rings. The third-order valence-corrected chi connectivity index (χ3v) is 2.84. The normalized spacial score (nSPS) is 17.3. The van der Waals surface area contributed by atoms with Gasteiger partial charge in [-0.25, -0.2) is 4.98 Å². The first-order chi connectivity index (χ1) is 6.74. The van der Waals surface area contributed by atoms with E-state index >= 15 is 0 Å². The van der Waals surface area contributed by atoms with Crippen LogP contribution in [-0.2, 0) is 0 Å². The molecular weight excluding hydrogens is 196 g/mol. The van der Waals surface area contributed by atoms with Crippen LogP contribution in [0.15, 0.2) is 12.1 Å². The molecule has 0 spiro atoms. The Hall–Kier alpha value is -0.760. The molecule has 1 aliphatic carbocycles. The first kappa shape index (κ1) is 9.78. The van der Waals surface area contributed by atoms with Gasteiger partial charge in [0.2, 0.25) is 0 Å². The van der Waals surface area contributed by atoms with Crippen molar-refractivity contribution in [2.24, 2.45) is 0 Å². The number of nitrogens with zero attached hydrogens (tertiary/aromatic N) is 1. The van der Waals surface area contributed by atoms with Gasteiger partial charge in [0.15, 0.2) is 0 Å². The highest BCUT2D eigenvalue weighted by Gasteiger charge is 2.14. The van der Waals surface area contributed by atoms with Crippen molar-refractivity contribution in [3.63, 3.8) is 0 Å². The van der Waals surface area contributed by atoms with E-state index in [0.717, 1.165) is 11.4 Å². The lowest BCUT2D eigenvalue weighted by Gasteiger charge is -2.12. The molecule has 1 saturated carbocycles. The third-order valence-electron chi connectivity index (χ3n) is 2.65. The van der Waals surface area contributed by atoms with Gasteiger partial charge in [-0.15, -0.1) is 0 Å². The minimum atomic E-state index is 0.575. The van der Waals surface area contributed by atoms with E-state index in [0.29, 0.717) is 11.2 Å². The average molecular weight is 211 g/mol. The smallest absolute Gasteiger partial charge is 0.131 e. The quantitative estimate of drug-likeness (QED) is 0.757. The molecule has 3 heteroatoms. The second-order valence-electron chi connectivity index (χ2n) is 3.98. The van der Waals surface area contributed by atoms with Gasteiger partial charge >= 0.3 is 0 Å². The predicted molar refractivity (Wildman–Crippen MR) is 59.9 cm³/mol. The Bertz CT molecular complexity index is 299. The van der Waals surface area contributed by atoms with Crippen LogP contribution >= 0.6 is 11.6 Å². The topological polar surface area (TPSA) is 24.9 Å². The molecule has 0 bridgehead atoms. The van der Waals surface area contributed by atoms with E-state index in [1.165, 1.54) is 25.7 Å². The summed E-state index contributed by atoms with van der Waals surface area (Å²) in [6.07, 6.45) is 5.18. The molecule has 76 valence electrons. The molecule has 0 unspecified atom stereocenters. The number of anilines is 1. The number of rotatable bonds is 2. The van der Waals surface area contributed by atoms with Crippen molar-refractivity contribution in [3.05, 3.63) is 22.8 Å². The lowest BCUT2D eigenvalue weighted by molar-refractivity contribution is 0.750. The molecule has 0 saturated heterocycles. The van der Waals surface area contributed by atoms with Crippen molar-refractivity contribution in [3.8, 4) is 0 Å². The van der Waals surface area contributed by atoms with Gasteiger partial charge in [-0.3, -0.25) is 0 Å².